The van der Waals surface area contributed by atoms with Crippen LogP contribution in [0.2, 0.25) is 0 Å². The van der Waals surface area contributed by atoms with Crippen LogP contribution in [0.3, 0.4) is 0 Å². The van der Waals surface area contributed by atoms with E-state index < -0.39 is 6.10 Å². The fourth-order valence-corrected chi connectivity index (χ4v) is 2.38. The maximum atomic E-state index is 13.5. The van der Waals surface area contributed by atoms with E-state index in [1.165, 1.54) is 13.2 Å². The smallest absolute Gasteiger partial charge is 0.249 e. The fourth-order valence-electron chi connectivity index (χ4n) is 2.38. The van der Waals surface area contributed by atoms with Crippen molar-refractivity contribution >= 4 is 18.3 Å². The van der Waals surface area contributed by atoms with Gasteiger partial charge in [-0.3, -0.25) is 4.79 Å². The molecule has 1 heterocycles. The Balaban J connectivity index is 0.00000242. The van der Waals surface area contributed by atoms with Crippen molar-refractivity contribution in [3.63, 3.8) is 0 Å². The highest BCUT2D eigenvalue weighted by Gasteiger charge is 2.29. The minimum atomic E-state index is -0.433. The number of halogens is 2. The van der Waals surface area contributed by atoms with Crippen molar-refractivity contribution in [2.45, 2.75) is 38.2 Å². The van der Waals surface area contributed by atoms with Gasteiger partial charge in [-0.15, -0.1) is 12.4 Å². The summed E-state index contributed by atoms with van der Waals surface area (Å²) in [7, 11) is 1.51. The summed E-state index contributed by atoms with van der Waals surface area (Å²) >= 11 is 0. The predicted molar refractivity (Wildman–Crippen MR) is 83.2 cm³/mol. The van der Waals surface area contributed by atoms with Crippen molar-refractivity contribution in [2.24, 2.45) is 5.73 Å². The molecule has 1 aromatic rings. The second kappa shape index (κ2) is 9.05. The molecule has 1 saturated heterocycles. The number of carbonyl (C=O) groups is 1. The maximum absolute atomic E-state index is 13.5. The van der Waals surface area contributed by atoms with Crippen LogP contribution < -0.4 is 11.1 Å². The number of benzene rings is 1. The molecule has 2 rings (SSSR count). The van der Waals surface area contributed by atoms with Crippen LogP contribution in [0.5, 0.6) is 0 Å². The summed E-state index contributed by atoms with van der Waals surface area (Å²) in [5, 5.41) is 2.81. The Labute approximate surface area is 135 Å². The van der Waals surface area contributed by atoms with E-state index in [2.05, 4.69) is 5.32 Å². The Kier molecular flexibility index (Phi) is 7.75. The lowest BCUT2D eigenvalue weighted by molar-refractivity contribution is -0.132. The predicted octanol–water partition coefficient (Wildman–Crippen LogP) is 1.52. The molecule has 0 radical (unpaired) electrons. The molecule has 0 unspecified atom stereocenters. The van der Waals surface area contributed by atoms with Gasteiger partial charge in [0.05, 0.1) is 12.7 Å². The van der Waals surface area contributed by atoms with Crippen LogP contribution in [0, 0.1) is 5.82 Å². The Hall–Kier alpha value is -1.21. The molecule has 0 aromatic heterocycles. The third-order valence-electron chi connectivity index (χ3n) is 3.54. The molecule has 3 N–H and O–H groups in total. The van der Waals surface area contributed by atoms with Crippen molar-refractivity contribution < 1.29 is 18.7 Å². The van der Waals surface area contributed by atoms with Gasteiger partial charge in [0.2, 0.25) is 5.91 Å². The summed E-state index contributed by atoms with van der Waals surface area (Å²) in [6.45, 7) is 0.975. The van der Waals surface area contributed by atoms with Gasteiger partial charge in [0.15, 0.2) is 0 Å². The molecular weight excluding hydrogens is 311 g/mol. The number of amides is 1. The number of nitrogens with two attached hydrogens (primary N) is 1. The zero-order chi connectivity index (χ0) is 15.2. The van der Waals surface area contributed by atoms with E-state index >= 15 is 0 Å². The number of nitrogens with one attached hydrogen (secondary N) is 1. The summed E-state index contributed by atoms with van der Waals surface area (Å²) in [6.07, 6.45) is 1.03. The monoisotopic (exact) mass is 332 g/mol. The molecule has 124 valence electrons. The molecule has 0 saturated carbocycles. The van der Waals surface area contributed by atoms with Crippen LogP contribution >= 0.6 is 12.4 Å². The normalized spacial score (nSPS) is 20.5. The van der Waals surface area contributed by atoms with Gasteiger partial charge < -0.3 is 20.5 Å². The molecule has 5 nitrogen and oxygen atoms in total. The Bertz CT molecular complexity index is 502. The van der Waals surface area contributed by atoms with Crippen LogP contribution in [-0.4, -0.2) is 31.8 Å². The molecule has 2 atom stereocenters. The van der Waals surface area contributed by atoms with Gasteiger partial charge in [0, 0.05) is 25.8 Å². The summed E-state index contributed by atoms with van der Waals surface area (Å²) in [5.41, 5.74) is 6.82. The average molecular weight is 333 g/mol. The van der Waals surface area contributed by atoms with Gasteiger partial charge in [-0.05, 0) is 30.5 Å². The molecule has 1 fully saturated rings. The van der Waals surface area contributed by atoms with Crippen molar-refractivity contribution in [1.29, 1.82) is 0 Å². The van der Waals surface area contributed by atoms with E-state index in [0.29, 0.717) is 25.1 Å². The quantitative estimate of drug-likeness (QED) is 0.828. The van der Waals surface area contributed by atoms with Crippen LogP contribution in [-0.2, 0) is 27.4 Å². The Morgan fingerprint density at radius 3 is 2.91 bits per heavy atom. The van der Waals surface area contributed by atoms with Gasteiger partial charge in [0.25, 0.3) is 0 Å². The third-order valence-corrected chi connectivity index (χ3v) is 3.54. The zero-order valence-electron chi connectivity index (χ0n) is 12.5. The summed E-state index contributed by atoms with van der Waals surface area (Å²) in [6, 6.07) is 4.72. The van der Waals surface area contributed by atoms with Crippen molar-refractivity contribution in [3.8, 4) is 0 Å². The first kappa shape index (κ1) is 18.8. The fraction of sp³-hybridized carbons (Fsp3) is 0.533. The zero-order valence-corrected chi connectivity index (χ0v) is 13.3. The maximum Gasteiger partial charge on any atom is 0.249 e. The summed E-state index contributed by atoms with van der Waals surface area (Å²) < 4.78 is 23.9. The first-order valence-corrected chi connectivity index (χ1v) is 7.03. The van der Waals surface area contributed by atoms with Crippen LogP contribution in [0.4, 0.5) is 4.39 Å². The first-order valence-electron chi connectivity index (χ1n) is 7.03. The Morgan fingerprint density at radius 2 is 2.27 bits per heavy atom. The Morgan fingerprint density at radius 1 is 1.50 bits per heavy atom. The SMILES string of the molecule is COCc1cc(CNC(=O)[C@@H]2CC[C@H](CN)O2)ccc1F.Cl. The van der Waals surface area contributed by atoms with E-state index in [-0.39, 0.29) is 36.8 Å². The van der Waals surface area contributed by atoms with Crippen LogP contribution in [0.25, 0.3) is 0 Å². The molecule has 7 heteroatoms. The number of hydrogen-bond acceptors (Lipinski definition) is 4. The van der Waals surface area contributed by atoms with Gasteiger partial charge in [-0.25, -0.2) is 4.39 Å². The molecular formula is C15H22ClFN2O3. The van der Waals surface area contributed by atoms with E-state index in [9.17, 15) is 9.18 Å². The van der Waals surface area contributed by atoms with Crippen molar-refractivity contribution in [2.75, 3.05) is 13.7 Å². The number of ether oxygens (including phenoxy) is 2. The molecule has 1 aromatic carbocycles. The minimum Gasteiger partial charge on any atom is -0.380 e. The number of hydrogen-bond donors (Lipinski definition) is 2. The van der Waals surface area contributed by atoms with E-state index in [1.807, 2.05) is 0 Å². The molecule has 0 aliphatic carbocycles. The largest absolute Gasteiger partial charge is 0.380 e. The number of rotatable bonds is 6. The van der Waals surface area contributed by atoms with Crippen molar-refractivity contribution in [3.05, 3.63) is 35.1 Å². The topological polar surface area (TPSA) is 73.6 Å². The first-order chi connectivity index (χ1) is 10.1. The van der Waals surface area contributed by atoms with E-state index in [0.717, 1.165) is 12.0 Å². The molecule has 1 aliphatic heterocycles. The molecule has 0 bridgehead atoms. The van der Waals surface area contributed by atoms with Gasteiger partial charge in [-0.1, -0.05) is 6.07 Å². The highest BCUT2D eigenvalue weighted by atomic mass is 35.5. The second-order valence-electron chi connectivity index (χ2n) is 5.14. The molecule has 1 amide bonds. The number of carbonyl (C=O) groups excluding carboxylic acids is 1. The van der Waals surface area contributed by atoms with Crippen molar-refractivity contribution in [1.82, 2.24) is 5.32 Å². The van der Waals surface area contributed by atoms with Crippen LogP contribution in [0.1, 0.15) is 24.0 Å². The highest BCUT2D eigenvalue weighted by molar-refractivity contribution is 5.85. The van der Waals surface area contributed by atoms with Gasteiger partial charge in [0.1, 0.15) is 11.9 Å². The van der Waals surface area contributed by atoms with Gasteiger partial charge >= 0.3 is 0 Å². The second-order valence-corrected chi connectivity index (χ2v) is 5.14. The summed E-state index contributed by atoms with van der Waals surface area (Å²) in [5.74, 6) is -0.458. The lowest BCUT2D eigenvalue weighted by Gasteiger charge is -2.13. The van der Waals surface area contributed by atoms with E-state index in [1.54, 1.807) is 12.1 Å². The average Bonchev–Trinajstić information content (AvgIpc) is 2.97. The van der Waals surface area contributed by atoms with Gasteiger partial charge in [-0.2, -0.15) is 0 Å². The highest BCUT2D eigenvalue weighted by Crippen LogP contribution is 2.19. The lowest BCUT2D eigenvalue weighted by Crippen LogP contribution is -2.35. The third kappa shape index (κ3) is 4.91. The molecule has 1 aliphatic rings. The minimum absolute atomic E-state index is 0. The number of methoxy groups -OCH3 is 1. The lowest BCUT2D eigenvalue weighted by atomic mass is 10.1. The molecule has 22 heavy (non-hydrogen) atoms. The van der Waals surface area contributed by atoms with E-state index in [4.69, 9.17) is 15.2 Å². The molecule has 0 spiro atoms. The van der Waals surface area contributed by atoms with Crippen LogP contribution in [0.15, 0.2) is 18.2 Å². The standard InChI is InChI=1S/C15H21FN2O3.ClH/c1-20-9-11-6-10(2-4-13(11)16)8-18-15(19)14-5-3-12(7-17)21-14;/h2,4,6,12,14H,3,5,7-9,17H2,1H3,(H,18,19);1H/t12-,14+;/m1./s1. The summed E-state index contributed by atoms with van der Waals surface area (Å²) in [4.78, 5) is 12.0.